The quantitative estimate of drug-likeness (QED) is 0.797. The Hall–Kier alpha value is -0.840. The highest BCUT2D eigenvalue weighted by molar-refractivity contribution is 9.09. The van der Waals surface area contributed by atoms with Gasteiger partial charge >= 0.3 is 0 Å². The normalized spacial score (nSPS) is 23.3. The van der Waals surface area contributed by atoms with E-state index in [-0.39, 0.29) is 5.56 Å². The van der Waals surface area contributed by atoms with Crippen LogP contribution in [0.2, 0.25) is 0 Å². The molecule has 106 valence electrons. The first-order chi connectivity index (χ1) is 9.04. The summed E-state index contributed by atoms with van der Waals surface area (Å²) in [6.07, 6.45) is 4.65. The van der Waals surface area contributed by atoms with E-state index >= 15 is 0 Å². The van der Waals surface area contributed by atoms with Crippen LogP contribution < -0.4 is 10.5 Å². The maximum atomic E-state index is 12.5. The van der Waals surface area contributed by atoms with Crippen LogP contribution in [0.3, 0.4) is 0 Å². The Morgan fingerprint density at radius 2 is 2.26 bits per heavy atom. The Bertz CT molecular complexity index is 486. The van der Waals surface area contributed by atoms with Gasteiger partial charge in [0.1, 0.15) is 0 Å². The minimum Gasteiger partial charge on any atom is -0.348 e. The molecule has 1 fully saturated rings. The van der Waals surface area contributed by atoms with Gasteiger partial charge in [-0.05, 0) is 18.3 Å². The molecule has 0 aromatic carbocycles. The first-order valence-corrected chi connectivity index (χ1v) is 8.04. The fourth-order valence-electron chi connectivity index (χ4n) is 2.68. The van der Waals surface area contributed by atoms with E-state index in [0.717, 1.165) is 24.8 Å². The van der Waals surface area contributed by atoms with Crippen LogP contribution in [0.5, 0.6) is 0 Å². The number of hydrogen-bond donors (Lipinski definition) is 0. The van der Waals surface area contributed by atoms with E-state index in [4.69, 9.17) is 0 Å². The molecule has 2 heterocycles. The summed E-state index contributed by atoms with van der Waals surface area (Å²) in [5.41, 5.74) is 0.0382. The lowest BCUT2D eigenvalue weighted by atomic mass is 10.1. The molecule has 0 saturated carbocycles. The van der Waals surface area contributed by atoms with Crippen LogP contribution in [0, 0.1) is 11.8 Å². The Balaban J connectivity index is 2.33. The van der Waals surface area contributed by atoms with E-state index in [0.29, 0.717) is 23.7 Å². The Morgan fingerprint density at radius 1 is 1.53 bits per heavy atom. The van der Waals surface area contributed by atoms with Crippen LogP contribution in [0.15, 0.2) is 17.2 Å². The van der Waals surface area contributed by atoms with Gasteiger partial charge in [0.15, 0.2) is 5.82 Å². The van der Waals surface area contributed by atoms with Crippen molar-refractivity contribution in [1.82, 2.24) is 9.55 Å². The number of alkyl halides is 1. The monoisotopic (exact) mass is 327 g/mol. The molecule has 1 aromatic rings. The zero-order chi connectivity index (χ0) is 14.0. The van der Waals surface area contributed by atoms with Crippen molar-refractivity contribution in [2.24, 2.45) is 11.8 Å². The van der Waals surface area contributed by atoms with E-state index in [1.54, 1.807) is 17.0 Å². The molecule has 0 radical (unpaired) electrons. The van der Waals surface area contributed by atoms with Crippen molar-refractivity contribution in [3.8, 4) is 0 Å². The molecule has 0 N–H and O–H groups in total. The highest BCUT2D eigenvalue weighted by Crippen LogP contribution is 2.27. The summed E-state index contributed by atoms with van der Waals surface area (Å²) < 4.78 is 1.78. The van der Waals surface area contributed by atoms with Crippen molar-refractivity contribution in [1.29, 1.82) is 0 Å². The van der Waals surface area contributed by atoms with Gasteiger partial charge in [-0.15, -0.1) is 0 Å². The number of halogens is 1. The maximum absolute atomic E-state index is 12.5. The van der Waals surface area contributed by atoms with Crippen LogP contribution in [-0.4, -0.2) is 27.5 Å². The standard InChI is InChI=1S/C14H22BrN3O/c1-10(2)9-17-7-5-16-13(14(17)19)18-6-4-11(3)12(18)8-15/h5,7,10-12H,4,6,8-9H2,1-3H3. The predicted molar refractivity (Wildman–Crippen MR) is 82.0 cm³/mol. The fraction of sp³-hybridized carbons (Fsp3) is 0.714. The lowest BCUT2D eigenvalue weighted by Crippen LogP contribution is -2.39. The molecule has 1 aliphatic rings. The SMILES string of the molecule is CC(C)Cn1ccnc(N2CCC(C)C2CBr)c1=O. The van der Waals surface area contributed by atoms with Gasteiger partial charge in [0.2, 0.25) is 0 Å². The summed E-state index contributed by atoms with van der Waals surface area (Å²) in [5, 5.41) is 0.883. The molecule has 2 atom stereocenters. The number of hydrogen-bond acceptors (Lipinski definition) is 3. The summed E-state index contributed by atoms with van der Waals surface area (Å²) in [6, 6.07) is 0.370. The number of nitrogens with zero attached hydrogens (tertiary/aromatic N) is 3. The highest BCUT2D eigenvalue weighted by Gasteiger charge is 2.32. The average molecular weight is 328 g/mol. The lowest BCUT2D eigenvalue weighted by Gasteiger charge is -2.26. The second-order valence-electron chi connectivity index (χ2n) is 5.78. The van der Waals surface area contributed by atoms with Crippen molar-refractivity contribution in [2.75, 3.05) is 16.8 Å². The third kappa shape index (κ3) is 3.02. The van der Waals surface area contributed by atoms with Crippen molar-refractivity contribution >= 4 is 21.7 Å². The zero-order valence-electron chi connectivity index (χ0n) is 11.8. The van der Waals surface area contributed by atoms with Crippen LogP contribution in [0.4, 0.5) is 5.82 Å². The highest BCUT2D eigenvalue weighted by atomic mass is 79.9. The molecule has 1 aliphatic heterocycles. The second kappa shape index (κ2) is 6.07. The third-order valence-electron chi connectivity index (χ3n) is 3.77. The van der Waals surface area contributed by atoms with Gasteiger partial charge in [-0.25, -0.2) is 4.98 Å². The Kier molecular flexibility index (Phi) is 4.66. The van der Waals surface area contributed by atoms with Crippen molar-refractivity contribution < 1.29 is 0 Å². The summed E-state index contributed by atoms with van der Waals surface area (Å²) in [5.74, 6) is 1.66. The first kappa shape index (κ1) is 14.6. The third-order valence-corrected chi connectivity index (χ3v) is 4.43. The van der Waals surface area contributed by atoms with E-state index < -0.39 is 0 Å². The predicted octanol–water partition coefficient (Wildman–Crippen LogP) is 2.51. The average Bonchev–Trinajstić information content (AvgIpc) is 2.72. The van der Waals surface area contributed by atoms with Gasteiger partial charge in [0.05, 0.1) is 0 Å². The van der Waals surface area contributed by atoms with E-state index in [9.17, 15) is 4.79 Å². The topological polar surface area (TPSA) is 38.1 Å². The molecule has 4 nitrogen and oxygen atoms in total. The van der Waals surface area contributed by atoms with Crippen molar-refractivity contribution in [3.63, 3.8) is 0 Å². The first-order valence-electron chi connectivity index (χ1n) is 6.92. The molecule has 19 heavy (non-hydrogen) atoms. The molecule has 2 rings (SSSR count). The van der Waals surface area contributed by atoms with Gasteiger partial charge in [-0.3, -0.25) is 4.79 Å². The van der Waals surface area contributed by atoms with Crippen molar-refractivity contribution in [3.05, 3.63) is 22.7 Å². The minimum absolute atomic E-state index is 0.0382. The van der Waals surface area contributed by atoms with Gasteiger partial charge < -0.3 is 9.47 Å². The molecule has 0 aliphatic carbocycles. The van der Waals surface area contributed by atoms with E-state index in [2.05, 4.69) is 46.6 Å². The molecule has 0 spiro atoms. The van der Waals surface area contributed by atoms with Gasteiger partial charge in [-0.1, -0.05) is 36.7 Å². The molecule has 2 unspecified atom stereocenters. The Labute approximate surface area is 123 Å². The molecule has 0 bridgehead atoms. The van der Waals surface area contributed by atoms with Gasteiger partial charge in [0, 0.05) is 36.9 Å². The molecule has 1 saturated heterocycles. The summed E-state index contributed by atoms with van der Waals surface area (Å²) in [6.45, 7) is 8.14. The van der Waals surface area contributed by atoms with Crippen LogP contribution in [0.25, 0.3) is 0 Å². The van der Waals surface area contributed by atoms with E-state index in [1.807, 2.05) is 0 Å². The summed E-state index contributed by atoms with van der Waals surface area (Å²) >= 11 is 3.56. The van der Waals surface area contributed by atoms with Crippen LogP contribution >= 0.6 is 15.9 Å². The lowest BCUT2D eigenvalue weighted by molar-refractivity contribution is 0.505. The van der Waals surface area contributed by atoms with Gasteiger partial charge in [0.25, 0.3) is 5.56 Å². The smallest absolute Gasteiger partial charge is 0.293 e. The van der Waals surface area contributed by atoms with Crippen LogP contribution in [0.1, 0.15) is 27.2 Å². The van der Waals surface area contributed by atoms with Crippen molar-refractivity contribution in [2.45, 2.75) is 39.8 Å². The summed E-state index contributed by atoms with van der Waals surface area (Å²) in [7, 11) is 0. The fourth-order valence-corrected chi connectivity index (χ4v) is 3.66. The zero-order valence-corrected chi connectivity index (χ0v) is 13.4. The number of rotatable bonds is 4. The minimum atomic E-state index is 0.0382. The second-order valence-corrected chi connectivity index (χ2v) is 6.43. The van der Waals surface area contributed by atoms with Crippen LogP contribution in [-0.2, 0) is 6.54 Å². The molecule has 1 aromatic heterocycles. The maximum Gasteiger partial charge on any atom is 0.293 e. The molecule has 0 amide bonds. The largest absolute Gasteiger partial charge is 0.348 e. The molecular weight excluding hydrogens is 306 g/mol. The Morgan fingerprint density at radius 3 is 2.89 bits per heavy atom. The van der Waals surface area contributed by atoms with E-state index in [1.165, 1.54) is 0 Å². The van der Waals surface area contributed by atoms with Gasteiger partial charge in [-0.2, -0.15) is 0 Å². The summed E-state index contributed by atoms with van der Waals surface area (Å²) in [4.78, 5) is 19.0. The molecule has 5 heteroatoms. The number of anilines is 1. The number of aromatic nitrogens is 2. The molecular formula is C14H22BrN3O.